The van der Waals surface area contributed by atoms with E-state index in [1.807, 2.05) is 53.9 Å². The van der Waals surface area contributed by atoms with Crippen LogP contribution in [0.3, 0.4) is 0 Å². The Labute approximate surface area is 106 Å². The van der Waals surface area contributed by atoms with E-state index in [-0.39, 0.29) is 0 Å². The van der Waals surface area contributed by atoms with E-state index >= 15 is 0 Å². The molecule has 0 fully saturated rings. The van der Waals surface area contributed by atoms with Gasteiger partial charge in [0, 0.05) is 32.1 Å². The summed E-state index contributed by atoms with van der Waals surface area (Å²) in [5.74, 6) is 0.932. The molecule has 0 aliphatic rings. The predicted octanol–water partition coefficient (Wildman–Crippen LogP) is 2.49. The van der Waals surface area contributed by atoms with Gasteiger partial charge in [-0.15, -0.1) is 0 Å². The maximum atomic E-state index is 4.40. The molecular weight excluding hydrogens is 224 g/mol. The molecule has 0 bridgehead atoms. The number of benzene rings is 1. The van der Waals surface area contributed by atoms with Crippen molar-refractivity contribution in [3.63, 3.8) is 0 Å². The number of imidazole rings is 1. The third-order valence-electron chi connectivity index (χ3n) is 3.05. The molecule has 0 N–H and O–H groups in total. The fourth-order valence-electron chi connectivity index (χ4n) is 2.16. The summed E-state index contributed by atoms with van der Waals surface area (Å²) < 4.78 is 3.89. The van der Waals surface area contributed by atoms with E-state index in [1.165, 1.54) is 0 Å². The summed E-state index contributed by atoms with van der Waals surface area (Å²) in [6.07, 6.45) is 5.61. The smallest absolute Gasteiger partial charge is 0.143 e. The van der Waals surface area contributed by atoms with E-state index in [2.05, 4.69) is 22.2 Å². The Morgan fingerprint density at radius 1 is 1.06 bits per heavy atom. The predicted molar refractivity (Wildman–Crippen MR) is 70.8 cm³/mol. The van der Waals surface area contributed by atoms with Gasteiger partial charge in [-0.1, -0.05) is 30.3 Å². The number of nitrogens with zero attached hydrogens (tertiary/aromatic N) is 4. The lowest BCUT2D eigenvalue weighted by molar-refractivity contribution is 0.776. The van der Waals surface area contributed by atoms with Gasteiger partial charge in [-0.2, -0.15) is 5.10 Å². The second-order valence-corrected chi connectivity index (χ2v) is 4.26. The van der Waals surface area contributed by atoms with E-state index in [1.54, 1.807) is 6.20 Å². The first-order valence-corrected chi connectivity index (χ1v) is 5.82. The molecular formula is C14H14N4. The van der Waals surface area contributed by atoms with Crippen LogP contribution in [-0.2, 0) is 14.1 Å². The number of hydrogen-bond donors (Lipinski definition) is 0. The molecule has 2 heterocycles. The summed E-state index contributed by atoms with van der Waals surface area (Å²) in [5.41, 5.74) is 3.29. The van der Waals surface area contributed by atoms with Crippen LogP contribution in [0.4, 0.5) is 0 Å². The second-order valence-electron chi connectivity index (χ2n) is 4.26. The van der Waals surface area contributed by atoms with Crippen LogP contribution in [0.15, 0.2) is 48.9 Å². The molecule has 0 amide bonds. The molecule has 4 heteroatoms. The molecule has 0 radical (unpaired) electrons. The van der Waals surface area contributed by atoms with Gasteiger partial charge in [0.15, 0.2) is 0 Å². The van der Waals surface area contributed by atoms with Gasteiger partial charge in [0.25, 0.3) is 0 Å². The number of aromatic nitrogens is 4. The van der Waals surface area contributed by atoms with Crippen LogP contribution in [0.1, 0.15) is 0 Å². The van der Waals surface area contributed by atoms with E-state index in [0.29, 0.717) is 0 Å². The maximum absolute atomic E-state index is 4.40. The Kier molecular flexibility index (Phi) is 2.48. The second kappa shape index (κ2) is 4.14. The first kappa shape index (κ1) is 10.8. The third-order valence-corrected chi connectivity index (χ3v) is 3.05. The molecule has 90 valence electrons. The average molecular weight is 238 g/mol. The zero-order valence-corrected chi connectivity index (χ0v) is 10.4. The molecule has 3 rings (SSSR count). The first-order chi connectivity index (χ1) is 8.77. The lowest BCUT2D eigenvalue weighted by atomic mass is 10.1. The normalized spacial score (nSPS) is 10.8. The topological polar surface area (TPSA) is 35.6 Å². The van der Waals surface area contributed by atoms with Gasteiger partial charge in [0.1, 0.15) is 5.82 Å². The highest BCUT2D eigenvalue weighted by molar-refractivity contribution is 5.77. The Morgan fingerprint density at radius 3 is 2.50 bits per heavy atom. The summed E-state index contributed by atoms with van der Waals surface area (Å²) >= 11 is 0. The summed E-state index contributed by atoms with van der Waals surface area (Å²) in [7, 11) is 3.94. The minimum Gasteiger partial charge on any atom is -0.334 e. The van der Waals surface area contributed by atoms with E-state index in [4.69, 9.17) is 0 Å². The third kappa shape index (κ3) is 1.62. The minimum absolute atomic E-state index is 0.932. The molecule has 2 aromatic heterocycles. The molecule has 0 aliphatic carbocycles. The van der Waals surface area contributed by atoms with Gasteiger partial charge < -0.3 is 4.57 Å². The molecule has 18 heavy (non-hydrogen) atoms. The SMILES string of the molecule is Cn1ccnc1-c1cnn(C)c1-c1ccccc1. The van der Waals surface area contributed by atoms with E-state index < -0.39 is 0 Å². The van der Waals surface area contributed by atoms with Crippen LogP contribution < -0.4 is 0 Å². The number of rotatable bonds is 2. The Hall–Kier alpha value is -2.36. The van der Waals surface area contributed by atoms with Crippen molar-refractivity contribution in [2.45, 2.75) is 0 Å². The molecule has 0 aliphatic heterocycles. The fraction of sp³-hybridized carbons (Fsp3) is 0.143. The molecule has 4 nitrogen and oxygen atoms in total. The van der Waals surface area contributed by atoms with Crippen LogP contribution in [0.5, 0.6) is 0 Å². The number of hydrogen-bond acceptors (Lipinski definition) is 2. The van der Waals surface area contributed by atoms with Crippen LogP contribution in [0.2, 0.25) is 0 Å². The summed E-state index contributed by atoms with van der Waals surface area (Å²) in [5, 5.41) is 4.35. The summed E-state index contributed by atoms with van der Waals surface area (Å²) in [6, 6.07) is 10.3. The van der Waals surface area contributed by atoms with Gasteiger partial charge in [0.05, 0.1) is 17.5 Å². The quantitative estimate of drug-likeness (QED) is 0.687. The van der Waals surface area contributed by atoms with E-state index in [0.717, 1.165) is 22.6 Å². The van der Waals surface area contributed by atoms with Crippen LogP contribution in [-0.4, -0.2) is 19.3 Å². The summed E-state index contributed by atoms with van der Waals surface area (Å²) in [4.78, 5) is 4.40. The lowest BCUT2D eigenvalue weighted by Crippen LogP contribution is -1.96. The highest BCUT2D eigenvalue weighted by atomic mass is 15.3. The molecule has 0 spiro atoms. The van der Waals surface area contributed by atoms with Crippen molar-refractivity contribution in [2.75, 3.05) is 0 Å². The van der Waals surface area contributed by atoms with Crippen LogP contribution >= 0.6 is 0 Å². The van der Waals surface area contributed by atoms with Crippen molar-refractivity contribution in [2.24, 2.45) is 14.1 Å². The maximum Gasteiger partial charge on any atom is 0.143 e. The van der Waals surface area contributed by atoms with E-state index in [9.17, 15) is 0 Å². The highest BCUT2D eigenvalue weighted by Gasteiger charge is 2.15. The van der Waals surface area contributed by atoms with Crippen LogP contribution in [0, 0.1) is 0 Å². The van der Waals surface area contributed by atoms with Gasteiger partial charge in [-0.3, -0.25) is 4.68 Å². The Bertz CT molecular complexity index is 664. The van der Waals surface area contributed by atoms with Crippen LogP contribution in [0.25, 0.3) is 22.6 Å². The van der Waals surface area contributed by atoms with Crippen molar-refractivity contribution in [3.05, 3.63) is 48.9 Å². The molecule has 0 saturated carbocycles. The lowest BCUT2D eigenvalue weighted by Gasteiger charge is -2.06. The first-order valence-electron chi connectivity index (χ1n) is 5.82. The zero-order chi connectivity index (χ0) is 12.5. The number of aryl methyl sites for hydroxylation is 2. The van der Waals surface area contributed by atoms with Gasteiger partial charge in [-0.05, 0) is 0 Å². The van der Waals surface area contributed by atoms with Gasteiger partial charge in [-0.25, -0.2) is 4.98 Å². The molecule has 1 aromatic carbocycles. The summed E-state index contributed by atoms with van der Waals surface area (Å²) in [6.45, 7) is 0. The minimum atomic E-state index is 0.932. The van der Waals surface area contributed by atoms with Gasteiger partial charge in [0.2, 0.25) is 0 Å². The van der Waals surface area contributed by atoms with Crippen molar-refractivity contribution >= 4 is 0 Å². The van der Waals surface area contributed by atoms with Gasteiger partial charge >= 0.3 is 0 Å². The largest absolute Gasteiger partial charge is 0.334 e. The highest BCUT2D eigenvalue weighted by Crippen LogP contribution is 2.29. The van der Waals surface area contributed by atoms with Crippen molar-refractivity contribution < 1.29 is 0 Å². The standard InChI is InChI=1S/C14H14N4/c1-17-9-8-15-14(17)12-10-16-18(2)13(12)11-6-4-3-5-7-11/h3-10H,1-2H3. The van der Waals surface area contributed by atoms with Crippen molar-refractivity contribution in [1.82, 2.24) is 19.3 Å². The average Bonchev–Trinajstić information content (AvgIpc) is 2.96. The monoisotopic (exact) mass is 238 g/mol. The molecule has 3 aromatic rings. The fourth-order valence-corrected chi connectivity index (χ4v) is 2.16. The Balaban J connectivity index is 2.22. The molecule has 0 atom stereocenters. The molecule has 0 unspecified atom stereocenters. The van der Waals surface area contributed by atoms with Crippen molar-refractivity contribution in [1.29, 1.82) is 0 Å². The Morgan fingerprint density at radius 2 is 1.83 bits per heavy atom. The molecule has 0 saturated heterocycles. The zero-order valence-electron chi connectivity index (χ0n) is 10.4. The van der Waals surface area contributed by atoms with Crippen molar-refractivity contribution in [3.8, 4) is 22.6 Å².